The Labute approximate surface area is 294 Å². The van der Waals surface area contributed by atoms with E-state index in [1.54, 1.807) is 91.0 Å². The Morgan fingerprint density at radius 2 is 1.38 bits per heavy atom. The van der Waals surface area contributed by atoms with Crippen LogP contribution < -0.4 is 25.4 Å². The van der Waals surface area contributed by atoms with Crippen molar-refractivity contribution in [3.8, 4) is 11.5 Å². The van der Waals surface area contributed by atoms with Gasteiger partial charge in [0, 0.05) is 33.0 Å². The summed E-state index contributed by atoms with van der Waals surface area (Å²) in [5.41, 5.74) is 3.21. The molecule has 5 aromatic carbocycles. The highest BCUT2D eigenvalue weighted by Crippen LogP contribution is 2.37. The molecule has 0 fully saturated rings. The second-order valence-corrected chi connectivity index (χ2v) is 12.2. The van der Waals surface area contributed by atoms with Crippen LogP contribution in [0.1, 0.15) is 44.0 Å². The van der Waals surface area contributed by atoms with E-state index in [0.29, 0.717) is 44.5 Å². The molecule has 0 aromatic heterocycles. The summed E-state index contributed by atoms with van der Waals surface area (Å²) in [4.78, 5) is 53.1. The fourth-order valence-electron chi connectivity index (χ4n) is 4.93. The summed E-state index contributed by atoms with van der Waals surface area (Å²) in [5.74, 6) is -0.343. The molecular formula is C40H35N3O6S. The second kappa shape index (κ2) is 16.8. The molecule has 1 unspecified atom stereocenters. The van der Waals surface area contributed by atoms with Crippen molar-refractivity contribution in [2.45, 2.75) is 17.1 Å². The normalized spacial score (nSPS) is 11.5. The summed E-state index contributed by atoms with van der Waals surface area (Å²) in [6, 6.07) is 36.9. The van der Waals surface area contributed by atoms with Gasteiger partial charge in [-0.15, -0.1) is 11.8 Å². The minimum absolute atomic E-state index is 0.0270. The number of anilines is 2. The van der Waals surface area contributed by atoms with E-state index in [9.17, 15) is 19.2 Å². The molecule has 0 spiro atoms. The van der Waals surface area contributed by atoms with Crippen molar-refractivity contribution in [2.24, 2.45) is 0 Å². The molecule has 9 nitrogen and oxygen atoms in total. The molecule has 0 heterocycles. The van der Waals surface area contributed by atoms with Gasteiger partial charge in [-0.25, -0.2) is 0 Å². The van der Waals surface area contributed by atoms with E-state index in [1.807, 2.05) is 36.4 Å². The lowest BCUT2D eigenvalue weighted by atomic mass is 10.1. The minimum Gasteiger partial charge on any atom is -0.497 e. The number of amides is 3. The topological polar surface area (TPSA) is 123 Å². The highest BCUT2D eigenvalue weighted by Gasteiger charge is 2.23. The van der Waals surface area contributed by atoms with Gasteiger partial charge in [0.25, 0.3) is 11.8 Å². The molecule has 50 heavy (non-hydrogen) atoms. The maximum Gasteiger partial charge on any atom is 0.272 e. The van der Waals surface area contributed by atoms with Gasteiger partial charge in [-0.2, -0.15) is 0 Å². The number of methoxy groups -OCH3 is 2. The molecule has 0 saturated heterocycles. The number of nitrogens with one attached hydrogen (secondary N) is 3. The Bertz CT molecular complexity index is 2010. The van der Waals surface area contributed by atoms with Crippen LogP contribution in [0.15, 0.2) is 138 Å². The van der Waals surface area contributed by atoms with Crippen molar-refractivity contribution < 1.29 is 28.7 Å². The van der Waals surface area contributed by atoms with E-state index >= 15 is 0 Å². The average Bonchev–Trinajstić information content (AvgIpc) is 3.14. The zero-order chi connectivity index (χ0) is 35.5. The maximum atomic E-state index is 13.8. The fourth-order valence-corrected chi connectivity index (χ4v) is 6.01. The van der Waals surface area contributed by atoms with Gasteiger partial charge >= 0.3 is 0 Å². The summed E-state index contributed by atoms with van der Waals surface area (Å²) < 4.78 is 10.9. The van der Waals surface area contributed by atoms with Crippen molar-refractivity contribution >= 4 is 52.7 Å². The van der Waals surface area contributed by atoms with Gasteiger partial charge in [0.2, 0.25) is 5.91 Å². The molecule has 0 aliphatic rings. The molecule has 0 saturated carbocycles. The first-order valence-corrected chi connectivity index (χ1v) is 16.5. The minimum atomic E-state index is -0.643. The lowest BCUT2D eigenvalue weighted by molar-refractivity contribution is -0.116. The zero-order valence-corrected chi connectivity index (χ0v) is 28.5. The van der Waals surface area contributed by atoms with E-state index < -0.39 is 17.1 Å². The summed E-state index contributed by atoms with van der Waals surface area (Å²) in [5, 5.41) is 7.94. The zero-order valence-electron chi connectivity index (χ0n) is 27.6. The molecule has 0 radical (unpaired) electrons. The number of Topliss-reactive ketones (excluding diaryl/α,β-unsaturated/α-hetero) is 1. The van der Waals surface area contributed by atoms with Gasteiger partial charge in [-0.1, -0.05) is 54.6 Å². The lowest BCUT2D eigenvalue weighted by Crippen LogP contribution is -2.30. The number of ketones is 1. The van der Waals surface area contributed by atoms with Crippen molar-refractivity contribution in [2.75, 3.05) is 24.9 Å². The van der Waals surface area contributed by atoms with Crippen LogP contribution in [0, 0.1) is 0 Å². The monoisotopic (exact) mass is 685 g/mol. The van der Waals surface area contributed by atoms with E-state index in [0.717, 1.165) is 5.56 Å². The van der Waals surface area contributed by atoms with Gasteiger partial charge in [0.15, 0.2) is 5.78 Å². The summed E-state index contributed by atoms with van der Waals surface area (Å²) in [6.07, 6.45) is 1.52. The summed E-state index contributed by atoms with van der Waals surface area (Å²) in [6.45, 7) is 1.49. The molecule has 0 aliphatic heterocycles. The van der Waals surface area contributed by atoms with Crippen LogP contribution in [0.4, 0.5) is 11.4 Å². The summed E-state index contributed by atoms with van der Waals surface area (Å²) >= 11 is 1.31. The number of ether oxygens (including phenoxy) is 2. The standard InChI is InChI=1S/C40H35N3O6S/c1-26(44)27-17-19-31(20-18-27)41-40(47)37(28-11-6-4-7-12-28)50-34-16-10-15-32(25-34)42-39(46)35(43-38(45)29-13-8-5-9-14-29)24-30-23-33(48-2)21-22-36(30)49-3/h4-25,37H,1-3H3,(H,41,47)(H,42,46)(H,43,45)/b35-24+. The van der Waals surface area contributed by atoms with Gasteiger partial charge in [0.05, 0.1) is 14.2 Å². The van der Waals surface area contributed by atoms with Crippen LogP contribution in [0.3, 0.4) is 0 Å². The quantitative estimate of drug-likeness (QED) is 0.0657. The van der Waals surface area contributed by atoms with Crippen LogP contribution in [-0.2, 0) is 9.59 Å². The first-order valence-electron chi connectivity index (χ1n) is 15.6. The molecule has 10 heteroatoms. The predicted octanol–water partition coefficient (Wildman–Crippen LogP) is 7.79. The third kappa shape index (κ3) is 9.27. The lowest BCUT2D eigenvalue weighted by Gasteiger charge is -2.18. The predicted molar refractivity (Wildman–Crippen MR) is 197 cm³/mol. The fraction of sp³-hybridized carbons (Fsp3) is 0.100. The van der Waals surface area contributed by atoms with E-state index in [1.165, 1.54) is 39.0 Å². The number of benzene rings is 5. The highest BCUT2D eigenvalue weighted by atomic mass is 32.2. The Kier molecular flexibility index (Phi) is 11.8. The van der Waals surface area contributed by atoms with E-state index in [-0.39, 0.29) is 17.4 Å². The smallest absolute Gasteiger partial charge is 0.272 e. The largest absolute Gasteiger partial charge is 0.497 e. The third-order valence-corrected chi connectivity index (χ3v) is 8.76. The first kappa shape index (κ1) is 35.2. The maximum absolute atomic E-state index is 13.8. The number of thioether (sulfide) groups is 1. The number of carbonyl (C=O) groups is 4. The molecule has 0 bridgehead atoms. The second-order valence-electron chi connectivity index (χ2n) is 11.0. The molecule has 1 atom stereocenters. The molecule has 3 N–H and O–H groups in total. The molecular weight excluding hydrogens is 651 g/mol. The van der Waals surface area contributed by atoms with Crippen LogP contribution in [0.5, 0.6) is 11.5 Å². The van der Waals surface area contributed by atoms with Gasteiger partial charge in [-0.3, -0.25) is 19.2 Å². The highest BCUT2D eigenvalue weighted by molar-refractivity contribution is 8.00. The third-order valence-electron chi connectivity index (χ3n) is 7.51. The van der Waals surface area contributed by atoms with Gasteiger partial charge in [0.1, 0.15) is 22.4 Å². The first-order chi connectivity index (χ1) is 24.2. The Hall–Kier alpha value is -6.13. The van der Waals surface area contributed by atoms with Crippen molar-refractivity contribution in [3.63, 3.8) is 0 Å². The Morgan fingerprint density at radius 3 is 2.04 bits per heavy atom. The van der Waals surface area contributed by atoms with Crippen LogP contribution in [-0.4, -0.2) is 37.7 Å². The summed E-state index contributed by atoms with van der Waals surface area (Å²) in [7, 11) is 3.04. The number of hydrogen-bond donors (Lipinski definition) is 3. The van der Waals surface area contributed by atoms with Gasteiger partial charge < -0.3 is 25.4 Å². The molecule has 3 amide bonds. The van der Waals surface area contributed by atoms with Crippen molar-refractivity contribution in [1.82, 2.24) is 5.32 Å². The number of carbonyl (C=O) groups excluding carboxylic acids is 4. The van der Waals surface area contributed by atoms with E-state index in [2.05, 4.69) is 16.0 Å². The Morgan fingerprint density at radius 1 is 0.680 bits per heavy atom. The number of rotatable bonds is 13. The molecule has 5 aromatic rings. The Balaban J connectivity index is 1.40. The van der Waals surface area contributed by atoms with Crippen molar-refractivity contribution in [3.05, 3.63) is 155 Å². The van der Waals surface area contributed by atoms with Crippen LogP contribution >= 0.6 is 11.8 Å². The average molecular weight is 686 g/mol. The molecule has 5 rings (SSSR count). The molecule has 252 valence electrons. The number of hydrogen-bond acceptors (Lipinski definition) is 7. The van der Waals surface area contributed by atoms with Crippen LogP contribution in [0.2, 0.25) is 0 Å². The van der Waals surface area contributed by atoms with E-state index in [4.69, 9.17) is 9.47 Å². The van der Waals surface area contributed by atoms with Gasteiger partial charge in [-0.05, 0) is 91.4 Å². The van der Waals surface area contributed by atoms with Crippen molar-refractivity contribution in [1.29, 1.82) is 0 Å². The van der Waals surface area contributed by atoms with Crippen LogP contribution in [0.25, 0.3) is 6.08 Å². The molecule has 0 aliphatic carbocycles. The SMILES string of the molecule is COc1ccc(OC)c(/C=C(/NC(=O)c2ccccc2)C(=O)Nc2cccc(SC(C(=O)Nc3ccc(C(C)=O)cc3)c3ccccc3)c2)c1.